The summed E-state index contributed by atoms with van der Waals surface area (Å²) in [5.41, 5.74) is 0. The predicted octanol–water partition coefficient (Wildman–Crippen LogP) is 1.61. The number of rotatable bonds is 1. The van der Waals surface area contributed by atoms with E-state index in [9.17, 15) is 4.79 Å². The van der Waals surface area contributed by atoms with Crippen molar-refractivity contribution < 1.29 is 9.90 Å². The van der Waals surface area contributed by atoms with E-state index >= 15 is 0 Å². The highest BCUT2D eigenvalue weighted by molar-refractivity contribution is 5.66. The van der Waals surface area contributed by atoms with Crippen molar-refractivity contribution in [1.82, 2.24) is 12.3 Å². The Kier molecular flexibility index (Phi) is 73.6. The molecule has 0 radical (unpaired) electrons. The van der Waals surface area contributed by atoms with Crippen molar-refractivity contribution >= 4 is 5.97 Å². The number of carbonyl (C=O) groups is 1. The molecule has 0 atom stereocenters. The summed E-state index contributed by atoms with van der Waals surface area (Å²) in [6.45, 7) is 7.60. The summed E-state index contributed by atoms with van der Waals surface area (Å²) in [4.78, 5) is 9.37. The predicted molar refractivity (Wildman–Crippen MR) is 39.2 cm³/mol. The molecule has 0 aromatic heterocycles. The maximum atomic E-state index is 9.37. The molecule has 0 saturated carbocycles. The average molecular weight is 136 g/mol. The van der Waals surface area contributed by atoms with E-state index in [1.54, 1.807) is 6.92 Å². The molecule has 0 bridgehead atoms. The quantitative estimate of drug-likeness (QED) is 0.476. The van der Waals surface area contributed by atoms with Gasteiger partial charge in [0.05, 0.1) is 0 Å². The molecule has 58 valence electrons. The first kappa shape index (κ1) is 24.2. The standard InChI is InChI=1S/C3H6O2.C2H4.2H3N/c1-2-3(4)5;1-2;;/h2H2,1H3,(H,4,5);1-2H2;2*1H3. The summed E-state index contributed by atoms with van der Waals surface area (Å²) in [5, 5.41) is 7.72. The van der Waals surface area contributed by atoms with Gasteiger partial charge in [0.15, 0.2) is 0 Å². The third kappa shape index (κ3) is 147. The molecule has 0 aliphatic rings. The monoisotopic (exact) mass is 136 g/mol. The minimum absolute atomic E-state index is 0. The molecule has 7 N–H and O–H groups in total. The van der Waals surface area contributed by atoms with Gasteiger partial charge in [-0.05, 0) is 0 Å². The van der Waals surface area contributed by atoms with Crippen LogP contribution in [0.4, 0.5) is 0 Å². The maximum absolute atomic E-state index is 9.37. The van der Waals surface area contributed by atoms with E-state index in [4.69, 9.17) is 5.11 Å². The molecule has 0 spiro atoms. The first-order chi connectivity index (χ1) is 3.27. The molecule has 0 heterocycles. The Balaban J connectivity index is -0.0000000286. The first-order valence-electron chi connectivity index (χ1n) is 1.99. The van der Waals surface area contributed by atoms with Crippen molar-refractivity contribution in [3.63, 3.8) is 0 Å². The van der Waals surface area contributed by atoms with Crippen LogP contribution >= 0.6 is 0 Å². The van der Waals surface area contributed by atoms with Crippen LogP contribution in [0.2, 0.25) is 0 Å². The fraction of sp³-hybridized carbons (Fsp3) is 0.400. The zero-order chi connectivity index (χ0) is 6.28. The highest BCUT2D eigenvalue weighted by atomic mass is 16.4. The molecule has 0 aromatic rings. The van der Waals surface area contributed by atoms with Gasteiger partial charge in [0.2, 0.25) is 0 Å². The molecular weight excluding hydrogens is 120 g/mol. The van der Waals surface area contributed by atoms with E-state index in [0.29, 0.717) is 0 Å². The Morgan fingerprint density at radius 3 is 1.56 bits per heavy atom. The van der Waals surface area contributed by atoms with Gasteiger partial charge in [-0.2, -0.15) is 0 Å². The van der Waals surface area contributed by atoms with Gasteiger partial charge in [0.25, 0.3) is 0 Å². The van der Waals surface area contributed by atoms with Gasteiger partial charge in [-0.25, -0.2) is 0 Å². The van der Waals surface area contributed by atoms with Gasteiger partial charge in [-0.3, -0.25) is 4.79 Å². The summed E-state index contributed by atoms with van der Waals surface area (Å²) in [6, 6.07) is 0. The zero-order valence-corrected chi connectivity index (χ0v) is 5.89. The molecule has 0 aliphatic heterocycles. The van der Waals surface area contributed by atoms with Gasteiger partial charge in [0, 0.05) is 6.42 Å². The summed E-state index contributed by atoms with van der Waals surface area (Å²) >= 11 is 0. The molecule has 4 nitrogen and oxygen atoms in total. The third-order valence-electron chi connectivity index (χ3n) is 0.302. The molecule has 0 amide bonds. The fourth-order valence-electron chi connectivity index (χ4n) is 0. The van der Waals surface area contributed by atoms with Crippen molar-refractivity contribution in [3.05, 3.63) is 13.2 Å². The number of aliphatic carboxylic acids is 1. The molecule has 0 rings (SSSR count). The van der Waals surface area contributed by atoms with E-state index < -0.39 is 5.97 Å². The lowest BCUT2D eigenvalue weighted by atomic mass is 10.5. The SMILES string of the molecule is C=C.CCC(=O)O.N.N. The number of hydrogen-bond acceptors (Lipinski definition) is 3. The van der Waals surface area contributed by atoms with E-state index in [2.05, 4.69) is 13.2 Å². The Bertz CT molecular complexity index is 56.9. The number of carboxylic acid groups (broad SMARTS) is 1. The lowest BCUT2D eigenvalue weighted by Crippen LogP contribution is -1.86. The molecule has 0 fully saturated rings. The molecule has 9 heavy (non-hydrogen) atoms. The smallest absolute Gasteiger partial charge is 0.303 e. The Labute approximate surface area is 55.7 Å². The van der Waals surface area contributed by atoms with Crippen LogP contribution < -0.4 is 12.3 Å². The van der Waals surface area contributed by atoms with E-state index in [-0.39, 0.29) is 18.7 Å². The summed E-state index contributed by atoms with van der Waals surface area (Å²) in [7, 11) is 0. The Morgan fingerprint density at radius 1 is 1.44 bits per heavy atom. The summed E-state index contributed by atoms with van der Waals surface area (Å²) in [6.07, 6.45) is 0.222. The first-order valence-corrected chi connectivity index (χ1v) is 1.99. The van der Waals surface area contributed by atoms with E-state index in [1.807, 2.05) is 0 Å². The van der Waals surface area contributed by atoms with Crippen LogP contribution in [0.1, 0.15) is 13.3 Å². The van der Waals surface area contributed by atoms with Gasteiger partial charge in [-0.1, -0.05) is 6.92 Å². The number of carboxylic acids is 1. The van der Waals surface area contributed by atoms with Gasteiger partial charge < -0.3 is 17.4 Å². The minimum Gasteiger partial charge on any atom is -0.481 e. The average Bonchev–Trinajstić information content (AvgIpc) is 1.73. The molecular formula is C5H16N2O2. The highest BCUT2D eigenvalue weighted by Crippen LogP contribution is 1.67. The van der Waals surface area contributed by atoms with Crippen molar-refractivity contribution in [2.45, 2.75) is 13.3 Å². The molecule has 0 aromatic carbocycles. The molecule has 0 aliphatic carbocycles. The Morgan fingerprint density at radius 2 is 1.56 bits per heavy atom. The van der Waals surface area contributed by atoms with Crippen molar-refractivity contribution in [2.75, 3.05) is 0 Å². The lowest BCUT2D eigenvalue weighted by Gasteiger charge is -1.71. The number of hydrogen-bond donors (Lipinski definition) is 3. The van der Waals surface area contributed by atoms with Gasteiger partial charge in [0.1, 0.15) is 0 Å². The lowest BCUT2D eigenvalue weighted by molar-refractivity contribution is -0.136. The minimum atomic E-state index is -0.745. The van der Waals surface area contributed by atoms with Crippen LogP contribution in [0, 0.1) is 0 Å². The summed E-state index contributed by atoms with van der Waals surface area (Å²) < 4.78 is 0. The molecule has 0 saturated heterocycles. The van der Waals surface area contributed by atoms with E-state index in [1.165, 1.54) is 0 Å². The third-order valence-corrected chi connectivity index (χ3v) is 0.302. The second-order valence-corrected chi connectivity index (χ2v) is 0.747. The Hall–Kier alpha value is -0.870. The second-order valence-electron chi connectivity index (χ2n) is 0.747. The van der Waals surface area contributed by atoms with Crippen LogP contribution in [0.3, 0.4) is 0 Å². The van der Waals surface area contributed by atoms with Crippen LogP contribution in [0.25, 0.3) is 0 Å². The second kappa shape index (κ2) is 27.3. The van der Waals surface area contributed by atoms with Crippen LogP contribution in [-0.2, 0) is 4.79 Å². The fourth-order valence-corrected chi connectivity index (χ4v) is 0. The largest absolute Gasteiger partial charge is 0.481 e. The van der Waals surface area contributed by atoms with Crippen molar-refractivity contribution in [2.24, 2.45) is 0 Å². The van der Waals surface area contributed by atoms with E-state index in [0.717, 1.165) is 0 Å². The van der Waals surface area contributed by atoms with Crippen molar-refractivity contribution in [3.8, 4) is 0 Å². The van der Waals surface area contributed by atoms with Crippen LogP contribution in [0.5, 0.6) is 0 Å². The topological polar surface area (TPSA) is 107 Å². The van der Waals surface area contributed by atoms with Crippen molar-refractivity contribution in [1.29, 1.82) is 0 Å². The van der Waals surface area contributed by atoms with Gasteiger partial charge >= 0.3 is 5.97 Å². The molecule has 4 heteroatoms. The zero-order valence-electron chi connectivity index (χ0n) is 5.89. The maximum Gasteiger partial charge on any atom is 0.303 e. The normalized spacial score (nSPS) is 4.56. The molecule has 0 unspecified atom stereocenters. The van der Waals surface area contributed by atoms with Crippen LogP contribution in [0.15, 0.2) is 13.2 Å². The van der Waals surface area contributed by atoms with Gasteiger partial charge in [-0.15, -0.1) is 13.2 Å². The summed E-state index contributed by atoms with van der Waals surface area (Å²) in [5.74, 6) is -0.745. The van der Waals surface area contributed by atoms with Crippen LogP contribution in [-0.4, -0.2) is 11.1 Å². The highest BCUT2D eigenvalue weighted by Gasteiger charge is 1.80.